The maximum absolute atomic E-state index is 12.6. The molecule has 0 aliphatic heterocycles. The van der Waals surface area contributed by atoms with Crippen molar-refractivity contribution >= 4 is 15.9 Å². The zero-order valence-electron chi connectivity index (χ0n) is 12.4. The number of carbonyl (C=O) groups is 1. The standard InChI is InChI=1S/C15H17N3O3S/c1-11-3-4-13(9-14(11)15(16)19)22(20,21)18(2)10-12-5-7-17-8-6-12/h3-9H,10H2,1-2H3,(H2,16,19). The van der Waals surface area contributed by atoms with Crippen LogP contribution in [-0.2, 0) is 16.6 Å². The number of primary amides is 1. The molecular formula is C15H17N3O3S. The molecule has 2 rings (SSSR count). The maximum atomic E-state index is 12.6. The number of hydrogen-bond acceptors (Lipinski definition) is 4. The second-order valence-corrected chi connectivity index (χ2v) is 7.00. The lowest BCUT2D eigenvalue weighted by Crippen LogP contribution is -2.27. The SMILES string of the molecule is Cc1ccc(S(=O)(=O)N(C)Cc2ccncc2)cc1C(N)=O. The molecule has 0 radical (unpaired) electrons. The third kappa shape index (κ3) is 3.32. The smallest absolute Gasteiger partial charge is 0.249 e. The molecule has 1 heterocycles. The van der Waals surface area contributed by atoms with Crippen LogP contribution in [0, 0.1) is 6.92 Å². The van der Waals surface area contributed by atoms with Crippen molar-refractivity contribution in [2.45, 2.75) is 18.4 Å². The number of sulfonamides is 1. The number of pyridine rings is 1. The molecule has 0 bridgehead atoms. The molecule has 0 aliphatic carbocycles. The first-order valence-corrected chi connectivity index (χ1v) is 8.02. The molecule has 0 saturated heterocycles. The maximum Gasteiger partial charge on any atom is 0.249 e. The number of nitrogens with zero attached hydrogens (tertiary/aromatic N) is 2. The van der Waals surface area contributed by atoms with Crippen molar-refractivity contribution in [3.8, 4) is 0 Å². The molecule has 0 aliphatic rings. The van der Waals surface area contributed by atoms with Crippen LogP contribution >= 0.6 is 0 Å². The van der Waals surface area contributed by atoms with Gasteiger partial charge in [-0.25, -0.2) is 8.42 Å². The van der Waals surface area contributed by atoms with Crippen LogP contribution in [0.3, 0.4) is 0 Å². The van der Waals surface area contributed by atoms with E-state index >= 15 is 0 Å². The van der Waals surface area contributed by atoms with Crippen molar-refractivity contribution < 1.29 is 13.2 Å². The van der Waals surface area contributed by atoms with Gasteiger partial charge in [-0.2, -0.15) is 4.31 Å². The van der Waals surface area contributed by atoms with Gasteiger partial charge in [-0.05, 0) is 42.3 Å². The van der Waals surface area contributed by atoms with Crippen molar-refractivity contribution in [2.24, 2.45) is 5.73 Å². The highest BCUT2D eigenvalue weighted by Gasteiger charge is 2.22. The van der Waals surface area contributed by atoms with Gasteiger partial charge in [0.2, 0.25) is 15.9 Å². The Kier molecular flexibility index (Phi) is 4.58. The molecule has 7 heteroatoms. The average molecular weight is 319 g/mol. The number of benzene rings is 1. The van der Waals surface area contributed by atoms with Crippen LogP contribution in [0.15, 0.2) is 47.6 Å². The summed E-state index contributed by atoms with van der Waals surface area (Å²) in [7, 11) is -2.22. The fraction of sp³-hybridized carbons (Fsp3) is 0.200. The van der Waals surface area contributed by atoms with Gasteiger partial charge in [0.25, 0.3) is 0 Å². The summed E-state index contributed by atoms with van der Waals surface area (Å²) < 4.78 is 26.4. The first-order valence-electron chi connectivity index (χ1n) is 6.58. The van der Waals surface area contributed by atoms with Gasteiger partial charge in [0.1, 0.15) is 0 Å². The number of aromatic nitrogens is 1. The second kappa shape index (κ2) is 6.25. The Morgan fingerprint density at radius 2 is 1.86 bits per heavy atom. The van der Waals surface area contributed by atoms with Crippen LogP contribution in [0.25, 0.3) is 0 Å². The van der Waals surface area contributed by atoms with Crippen LogP contribution in [0.5, 0.6) is 0 Å². The zero-order chi connectivity index (χ0) is 16.3. The Bertz CT molecular complexity index is 789. The van der Waals surface area contributed by atoms with Gasteiger partial charge in [0.05, 0.1) is 4.90 Å². The summed E-state index contributed by atoms with van der Waals surface area (Å²) in [5.41, 5.74) is 6.94. The number of carbonyl (C=O) groups excluding carboxylic acids is 1. The molecule has 0 atom stereocenters. The van der Waals surface area contributed by atoms with E-state index in [9.17, 15) is 13.2 Å². The van der Waals surface area contributed by atoms with Crippen molar-refractivity contribution in [3.63, 3.8) is 0 Å². The fourth-order valence-corrected chi connectivity index (χ4v) is 3.22. The van der Waals surface area contributed by atoms with Crippen molar-refractivity contribution in [3.05, 3.63) is 59.4 Å². The first kappa shape index (κ1) is 16.1. The third-order valence-electron chi connectivity index (χ3n) is 3.34. The van der Waals surface area contributed by atoms with Crippen molar-refractivity contribution in [1.82, 2.24) is 9.29 Å². The largest absolute Gasteiger partial charge is 0.366 e. The van der Waals surface area contributed by atoms with Gasteiger partial charge in [-0.3, -0.25) is 9.78 Å². The lowest BCUT2D eigenvalue weighted by atomic mass is 10.1. The van der Waals surface area contributed by atoms with Gasteiger partial charge in [-0.1, -0.05) is 6.07 Å². The summed E-state index contributed by atoms with van der Waals surface area (Å²) in [5, 5.41) is 0. The van der Waals surface area contributed by atoms with Gasteiger partial charge >= 0.3 is 0 Å². The number of aryl methyl sites for hydroxylation is 1. The molecule has 116 valence electrons. The number of hydrogen-bond donors (Lipinski definition) is 1. The van der Waals surface area contributed by atoms with E-state index in [0.29, 0.717) is 5.56 Å². The average Bonchev–Trinajstić information content (AvgIpc) is 2.48. The van der Waals surface area contributed by atoms with Gasteiger partial charge < -0.3 is 5.73 Å². The third-order valence-corrected chi connectivity index (χ3v) is 5.14. The van der Waals surface area contributed by atoms with E-state index in [4.69, 9.17) is 5.73 Å². The predicted molar refractivity (Wildman–Crippen MR) is 82.6 cm³/mol. The quantitative estimate of drug-likeness (QED) is 0.899. The fourth-order valence-electron chi connectivity index (χ4n) is 2.04. The molecule has 2 aromatic rings. The summed E-state index contributed by atoms with van der Waals surface area (Å²) in [5.74, 6) is -0.647. The molecule has 6 nitrogen and oxygen atoms in total. The number of nitrogens with two attached hydrogens (primary N) is 1. The van der Waals surface area contributed by atoms with E-state index in [-0.39, 0.29) is 17.0 Å². The van der Waals surface area contributed by atoms with Gasteiger partial charge in [-0.15, -0.1) is 0 Å². The molecular weight excluding hydrogens is 302 g/mol. The van der Waals surface area contributed by atoms with Gasteiger partial charge in [0, 0.05) is 31.5 Å². The highest BCUT2D eigenvalue weighted by atomic mass is 32.2. The number of rotatable bonds is 5. The Morgan fingerprint density at radius 1 is 1.23 bits per heavy atom. The highest BCUT2D eigenvalue weighted by Crippen LogP contribution is 2.20. The highest BCUT2D eigenvalue weighted by molar-refractivity contribution is 7.89. The Hall–Kier alpha value is -2.25. The molecule has 0 spiro atoms. The van der Waals surface area contributed by atoms with Gasteiger partial charge in [0.15, 0.2) is 0 Å². The normalized spacial score (nSPS) is 11.6. The summed E-state index contributed by atoms with van der Waals surface area (Å²) in [6, 6.07) is 7.86. The topological polar surface area (TPSA) is 93.4 Å². The predicted octanol–water partition coefficient (Wildman–Crippen LogP) is 1.31. The summed E-state index contributed by atoms with van der Waals surface area (Å²) >= 11 is 0. The second-order valence-electron chi connectivity index (χ2n) is 4.96. The summed E-state index contributed by atoms with van der Waals surface area (Å²) in [4.78, 5) is 15.3. The van der Waals surface area contributed by atoms with Crippen LogP contribution in [0.2, 0.25) is 0 Å². The van der Waals surface area contributed by atoms with Crippen LogP contribution in [-0.4, -0.2) is 30.7 Å². The zero-order valence-corrected chi connectivity index (χ0v) is 13.2. The summed E-state index contributed by atoms with van der Waals surface area (Å²) in [6.07, 6.45) is 3.21. The van der Waals surface area contributed by atoms with Crippen LogP contribution in [0.1, 0.15) is 21.5 Å². The Labute approximate surface area is 129 Å². The molecule has 1 amide bonds. The van der Waals surface area contributed by atoms with E-state index in [1.54, 1.807) is 37.5 Å². The van der Waals surface area contributed by atoms with E-state index in [1.807, 2.05) is 0 Å². The molecule has 22 heavy (non-hydrogen) atoms. The van der Waals surface area contributed by atoms with Crippen molar-refractivity contribution in [1.29, 1.82) is 0 Å². The van der Waals surface area contributed by atoms with E-state index < -0.39 is 15.9 Å². The Balaban J connectivity index is 2.34. The minimum absolute atomic E-state index is 0.0449. The molecule has 0 fully saturated rings. The Morgan fingerprint density at radius 3 is 2.45 bits per heavy atom. The van der Waals surface area contributed by atoms with E-state index in [0.717, 1.165) is 5.56 Å². The van der Waals surface area contributed by atoms with Crippen molar-refractivity contribution in [2.75, 3.05) is 7.05 Å². The van der Waals surface area contributed by atoms with Crippen LogP contribution in [0.4, 0.5) is 0 Å². The molecule has 1 aromatic carbocycles. The summed E-state index contributed by atoms with van der Waals surface area (Å²) in [6.45, 7) is 1.92. The number of amides is 1. The molecule has 2 N–H and O–H groups in total. The lowest BCUT2D eigenvalue weighted by Gasteiger charge is -2.18. The minimum atomic E-state index is -3.70. The van der Waals surface area contributed by atoms with Crippen LogP contribution < -0.4 is 5.73 Å². The molecule has 0 unspecified atom stereocenters. The molecule has 1 aromatic heterocycles. The van der Waals surface area contributed by atoms with E-state index in [1.165, 1.54) is 23.5 Å². The molecule has 0 saturated carbocycles. The first-order chi connectivity index (χ1) is 10.3. The lowest BCUT2D eigenvalue weighted by molar-refractivity contribution is 0.0999. The monoisotopic (exact) mass is 319 g/mol. The minimum Gasteiger partial charge on any atom is -0.366 e. The van der Waals surface area contributed by atoms with E-state index in [2.05, 4.69) is 4.98 Å².